The molecule has 1 heterocycles. The van der Waals surface area contributed by atoms with Crippen molar-refractivity contribution in [3.05, 3.63) is 65.5 Å². The fraction of sp³-hybridized carbons (Fsp3) is 0.188. The van der Waals surface area contributed by atoms with Crippen molar-refractivity contribution in [1.82, 2.24) is 5.01 Å². The van der Waals surface area contributed by atoms with Crippen LogP contribution in [0.5, 0.6) is 0 Å². The molecule has 0 unspecified atom stereocenters. The summed E-state index contributed by atoms with van der Waals surface area (Å²) in [5.41, 5.74) is 7.10. The molecule has 0 saturated heterocycles. The Morgan fingerprint density at radius 1 is 1.32 bits per heavy atom. The normalized spacial score (nSPS) is 16.0. The summed E-state index contributed by atoms with van der Waals surface area (Å²) in [5.74, 6) is 0.327. The molecule has 6 heteroatoms. The molecule has 0 amide bonds. The highest BCUT2D eigenvalue weighted by Gasteiger charge is 2.31. The van der Waals surface area contributed by atoms with Crippen LogP contribution in [0.1, 0.15) is 23.6 Å². The van der Waals surface area contributed by atoms with Gasteiger partial charge >= 0.3 is 6.18 Å². The van der Waals surface area contributed by atoms with Crippen LogP contribution in [0, 0.1) is 6.92 Å². The van der Waals surface area contributed by atoms with Gasteiger partial charge in [-0.3, -0.25) is 0 Å². The topological polar surface area (TPSA) is 41.6 Å². The van der Waals surface area contributed by atoms with Gasteiger partial charge in [0.05, 0.1) is 11.3 Å². The average molecular weight is 307 g/mol. The van der Waals surface area contributed by atoms with E-state index in [1.165, 1.54) is 11.1 Å². The number of halogens is 3. The van der Waals surface area contributed by atoms with Gasteiger partial charge in [0.2, 0.25) is 0 Å². The van der Waals surface area contributed by atoms with Crippen LogP contribution in [-0.2, 0) is 6.18 Å². The van der Waals surface area contributed by atoms with E-state index in [0.29, 0.717) is 22.7 Å². The lowest BCUT2D eigenvalue weighted by Crippen LogP contribution is -2.18. The molecule has 0 fully saturated rings. The Morgan fingerprint density at radius 3 is 2.59 bits per heavy atom. The molecular weight excluding hydrogens is 291 g/mol. The zero-order valence-corrected chi connectivity index (χ0v) is 12.3. The predicted molar refractivity (Wildman–Crippen MR) is 81.6 cm³/mol. The van der Waals surface area contributed by atoms with Gasteiger partial charge in [-0.15, -0.1) is 0 Å². The van der Waals surface area contributed by atoms with E-state index < -0.39 is 11.7 Å². The fourth-order valence-corrected chi connectivity index (χ4v) is 2.13. The maximum atomic E-state index is 12.9. The number of hydrogen-bond donors (Lipinski definition) is 1. The van der Waals surface area contributed by atoms with E-state index in [9.17, 15) is 13.2 Å². The number of amidine groups is 1. The summed E-state index contributed by atoms with van der Waals surface area (Å²) in [4.78, 5) is 0. The van der Waals surface area contributed by atoms with E-state index in [1.54, 1.807) is 32.2 Å². The first-order chi connectivity index (χ1) is 10.2. The van der Waals surface area contributed by atoms with Crippen molar-refractivity contribution in [1.29, 1.82) is 0 Å². The summed E-state index contributed by atoms with van der Waals surface area (Å²) in [6.45, 7) is 7.28. The third-order valence-electron chi connectivity index (χ3n) is 3.20. The molecule has 3 nitrogen and oxygen atoms in total. The minimum absolute atomic E-state index is 0.327. The molecule has 0 aromatic heterocycles. The summed E-state index contributed by atoms with van der Waals surface area (Å²) < 4.78 is 38.7. The van der Waals surface area contributed by atoms with E-state index in [1.807, 2.05) is 0 Å². The van der Waals surface area contributed by atoms with Crippen molar-refractivity contribution in [3.63, 3.8) is 0 Å². The van der Waals surface area contributed by atoms with Crippen molar-refractivity contribution in [2.75, 3.05) is 0 Å². The number of hydrogen-bond acceptors (Lipinski definition) is 2. The molecule has 1 aliphatic rings. The van der Waals surface area contributed by atoms with Gasteiger partial charge in [0.1, 0.15) is 5.84 Å². The van der Waals surface area contributed by atoms with Crippen molar-refractivity contribution in [2.45, 2.75) is 20.0 Å². The van der Waals surface area contributed by atoms with E-state index >= 15 is 0 Å². The van der Waals surface area contributed by atoms with Gasteiger partial charge < -0.3 is 5.73 Å². The van der Waals surface area contributed by atoms with E-state index in [0.717, 1.165) is 17.7 Å². The third-order valence-corrected chi connectivity index (χ3v) is 3.20. The Labute approximate surface area is 126 Å². The molecule has 0 aliphatic carbocycles. The second kappa shape index (κ2) is 5.71. The molecule has 116 valence electrons. The van der Waals surface area contributed by atoms with Crippen molar-refractivity contribution < 1.29 is 13.2 Å². The summed E-state index contributed by atoms with van der Waals surface area (Å²) in [6, 6.07) is 3.65. The monoisotopic (exact) mass is 307 g/mol. The molecule has 0 saturated carbocycles. The van der Waals surface area contributed by atoms with Crippen LogP contribution < -0.4 is 5.73 Å². The number of nitrogens with zero attached hydrogens (tertiary/aromatic N) is 2. The lowest BCUT2D eigenvalue weighted by atomic mass is 9.94. The van der Waals surface area contributed by atoms with E-state index in [-0.39, 0.29) is 0 Å². The summed E-state index contributed by atoms with van der Waals surface area (Å²) in [7, 11) is 0. The Kier molecular flexibility index (Phi) is 4.12. The minimum Gasteiger partial charge on any atom is -0.386 e. The Hall–Kier alpha value is -2.50. The minimum atomic E-state index is -4.39. The molecule has 1 aromatic rings. The average Bonchev–Trinajstić information content (AvgIpc) is 2.40. The smallest absolute Gasteiger partial charge is 0.386 e. The van der Waals surface area contributed by atoms with Crippen LogP contribution in [0.25, 0.3) is 5.57 Å². The molecule has 2 rings (SSSR count). The van der Waals surface area contributed by atoms with Gasteiger partial charge in [-0.2, -0.15) is 18.3 Å². The highest BCUT2D eigenvalue weighted by Crippen LogP contribution is 2.35. The van der Waals surface area contributed by atoms with Crippen LogP contribution in [0.2, 0.25) is 0 Å². The molecule has 22 heavy (non-hydrogen) atoms. The molecule has 1 aliphatic heterocycles. The van der Waals surface area contributed by atoms with Crippen molar-refractivity contribution in [2.24, 2.45) is 10.8 Å². The Balaban J connectivity index is 2.48. The van der Waals surface area contributed by atoms with Crippen LogP contribution in [0.4, 0.5) is 13.2 Å². The number of allylic oxidation sites excluding steroid dienone is 3. The number of hydrazone groups is 1. The number of benzene rings is 1. The second-order valence-electron chi connectivity index (χ2n) is 4.98. The Morgan fingerprint density at radius 2 is 2.00 bits per heavy atom. The van der Waals surface area contributed by atoms with E-state index in [2.05, 4.69) is 11.7 Å². The second-order valence-corrected chi connectivity index (χ2v) is 4.98. The molecule has 0 spiro atoms. The number of rotatable bonds is 2. The van der Waals surface area contributed by atoms with Crippen LogP contribution >= 0.6 is 0 Å². The number of alkyl halides is 3. The third kappa shape index (κ3) is 3.21. The maximum Gasteiger partial charge on any atom is 0.416 e. The summed E-state index contributed by atoms with van der Waals surface area (Å²) in [5, 5.41) is 5.52. The van der Waals surface area contributed by atoms with Gasteiger partial charge in [0.15, 0.2) is 0 Å². The first-order valence-electron chi connectivity index (χ1n) is 6.56. The van der Waals surface area contributed by atoms with Gasteiger partial charge in [-0.05, 0) is 43.2 Å². The SMILES string of the molecule is C=C1C(c2cc(C(F)(F)F)ccc2C)=CC=CN1/N=C(\C)N. The summed E-state index contributed by atoms with van der Waals surface area (Å²) >= 11 is 0. The fourth-order valence-electron chi connectivity index (χ4n) is 2.13. The number of nitrogens with two attached hydrogens (primary N) is 1. The highest BCUT2D eigenvalue weighted by atomic mass is 19.4. The highest BCUT2D eigenvalue weighted by molar-refractivity contribution is 5.83. The lowest BCUT2D eigenvalue weighted by molar-refractivity contribution is -0.137. The van der Waals surface area contributed by atoms with Crippen molar-refractivity contribution in [3.8, 4) is 0 Å². The van der Waals surface area contributed by atoms with Crippen LogP contribution in [-0.4, -0.2) is 10.8 Å². The molecule has 0 atom stereocenters. The molecular formula is C16H16F3N3. The van der Waals surface area contributed by atoms with Gasteiger partial charge in [0, 0.05) is 11.8 Å². The molecule has 0 bridgehead atoms. The van der Waals surface area contributed by atoms with Gasteiger partial charge in [-0.1, -0.05) is 18.7 Å². The maximum absolute atomic E-state index is 12.9. The predicted octanol–water partition coefficient (Wildman–Crippen LogP) is 4.03. The zero-order valence-electron chi connectivity index (χ0n) is 12.3. The zero-order chi connectivity index (χ0) is 16.5. The largest absolute Gasteiger partial charge is 0.416 e. The standard InChI is InChI=1S/C16H16F3N3/c1-10-6-7-13(16(17,18)19)9-15(10)14-5-4-8-22(11(14)2)21-12(3)20/h4-9H,2H2,1,3H3,(H2,20,21). The van der Waals surface area contributed by atoms with Gasteiger partial charge in [0.25, 0.3) is 0 Å². The molecule has 1 aromatic carbocycles. The lowest BCUT2D eigenvalue weighted by Gasteiger charge is -2.24. The summed E-state index contributed by atoms with van der Waals surface area (Å²) in [6.07, 6.45) is 0.657. The number of aryl methyl sites for hydroxylation is 1. The van der Waals surface area contributed by atoms with Crippen LogP contribution in [0.3, 0.4) is 0 Å². The Bertz CT molecular complexity index is 693. The first-order valence-corrected chi connectivity index (χ1v) is 6.56. The molecule has 2 N–H and O–H groups in total. The van der Waals surface area contributed by atoms with Crippen LogP contribution in [0.15, 0.2) is 53.9 Å². The quantitative estimate of drug-likeness (QED) is 0.662. The van der Waals surface area contributed by atoms with Gasteiger partial charge in [-0.25, -0.2) is 5.01 Å². The molecule has 0 radical (unpaired) electrons. The van der Waals surface area contributed by atoms with Crippen molar-refractivity contribution >= 4 is 11.4 Å². The van der Waals surface area contributed by atoms with E-state index in [4.69, 9.17) is 5.73 Å². The first kappa shape index (κ1) is 15.9.